The van der Waals surface area contributed by atoms with Crippen molar-refractivity contribution in [2.45, 2.75) is 39.3 Å². The first-order chi connectivity index (χ1) is 13.7. The normalized spacial score (nSPS) is 16.3. The summed E-state index contributed by atoms with van der Waals surface area (Å²) in [4.78, 5) is 6.95. The molecule has 3 rings (SSSR count). The van der Waals surface area contributed by atoms with Crippen molar-refractivity contribution in [3.63, 3.8) is 0 Å². The lowest BCUT2D eigenvalue weighted by Gasteiger charge is -2.30. The van der Waals surface area contributed by atoms with Crippen molar-refractivity contribution in [3.8, 4) is 0 Å². The van der Waals surface area contributed by atoms with Crippen LogP contribution in [0.15, 0.2) is 47.7 Å². The maximum absolute atomic E-state index is 4.37. The molecule has 0 spiro atoms. The first kappa shape index (κ1) is 20.4. The lowest BCUT2D eigenvalue weighted by Crippen LogP contribution is -2.39. The zero-order valence-corrected chi connectivity index (χ0v) is 17.3. The third kappa shape index (κ3) is 6.37. The smallest absolute Gasteiger partial charge is 0.191 e. The molecule has 1 aromatic carbocycles. The monoisotopic (exact) mass is 382 g/mol. The molecule has 2 aromatic rings. The Morgan fingerprint density at radius 2 is 1.93 bits per heavy atom. The van der Waals surface area contributed by atoms with Gasteiger partial charge in [-0.15, -0.1) is 0 Å². The molecule has 2 N–H and O–H groups in total. The number of piperidine rings is 1. The second kappa shape index (κ2) is 10.9. The number of likely N-dealkylation sites (tertiary alicyclic amines) is 1. The van der Waals surface area contributed by atoms with Crippen LogP contribution in [0.5, 0.6) is 0 Å². The van der Waals surface area contributed by atoms with Crippen molar-refractivity contribution in [1.29, 1.82) is 0 Å². The lowest BCUT2D eigenvalue weighted by atomic mass is 9.99. The van der Waals surface area contributed by atoms with Gasteiger partial charge in [0.15, 0.2) is 5.96 Å². The fourth-order valence-corrected chi connectivity index (χ4v) is 3.65. The van der Waals surface area contributed by atoms with Crippen LogP contribution in [-0.2, 0) is 13.1 Å². The number of rotatable bonds is 8. The van der Waals surface area contributed by atoms with E-state index in [0.717, 1.165) is 37.9 Å². The summed E-state index contributed by atoms with van der Waals surface area (Å²) in [6.07, 6.45) is 7.64. The Morgan fingerprint density at radius 1 is 1.14 bits per heavy atom. The lowest BCUT2D eigenvalue weighted by molar-refractivity contribution is 0.191. The quantitative estimate of drug-likeness (QED) is 0.419. The fourth-order valence-electron chi connectivity index (χ4n) is 3.65. The Hall–Kier alpha value is -2.34. The number of guanidine groups is 1. The summed E-state index contributed by atoms with van der Waals surface area (Å²) < 4.78 is 1.95. The molecule has 0 aliphatic carbocycles. The van der Waals surface area contributed by atoms with E-state index in [0.29, 0.717) is 0 Å². The Bertz CT molecular complexity index is 716. The highest BCUT2D eigenvalue weighted by molar-refractivity contribution is 5.79. The first-order valence-corrected chi connectivity index (χ1v) is 10.5. The zero-order chi connectivity index (χ0) is 19.6. The predicted molar refractivity (Wildman–Crippen MR) is 115 cm³/mol. The molecule has 0 atom stereocenters. The summed E-state index contributed by atoms with van der Waals surface area (Å²) in [5, 5.41) is 11.2. The van der Waals surface area contributed by atoms with Gasteiger partial charge in [-0.2, -0.15) is 5.10 Å². The highest BCUT2D eigenvalue weighted by Gasteiger charge is 2.14. The molecule has 6 nitrogen and oxygen atoms in total. The number of aliphatic imine (C=N–C) groups is 1. The van der Waals surface area contributed by atoms with Crippen molar-refractivity contribution in [2.75, 3.05) is 33.2 Å². The Labute approximate surface area is 169 Å². The molecule has 2 heterocycles. The standard InChI is InChI=1S/C22H34N6/c1-19-9-15-27(16-10-19)13-5-11-24-22(23-2)25-17-20-7-3-4-8-21(20)18-28-14-6-12-26-28/h3-4,6-8,12,14,19H,5,9-11,13,15-18H2,1-2H3,(H2,23,24,25). The highest BCUT2D eigenvalue weighted by Crippen LogP contribution is 2.15. The van der Waals surface area contributed by atoms with E-state index in [1.54, 1.807) is 0 Å². The van der Waals surface area contributed by atoms with E-state index < -0.39 is 0 Å². The molecule has 152 valence electrons. The molecule has 6 heteroatoms. The summed E-state index contributed by atoms with van der Waals surface area (Å²) in [5.74, 6) is 1.76. The number of hydrogen-bond donors (Lipinski definition) is 2. The molecule has 0 bridgehead atoms. The number of nitrogens with zero attached hydrogens (tertiary/aromatic N) is 4. The van der Waals surface area contributed by atoms with Gasteiger partial charge >= 0.3 is 0 Å². The van der Waals surface area contributed by atoms with Gasteiger partial charge in [0.2, 0.25) is 0 Å². The third-order valence-corrected chi connectivity index (χ3v) is 5.50. The van der Waals surface area contributed by atoms with Crippen molar-refractivity contribution >= 4 is 5.96 Å². The SMILES string of the molecule is CN=C(NCCCN1CCC(C)CC1)NCc1ccccc1Cn1cccn1. The highest BCUT2D eigenvalue weighted by atomic mass is 15.3. The second-order valence-electron chi connectivity index (χ2n) is 7.70. The van der Waals surface area contributed by atoms with E-state index in [9.17, 15) is 0 Å². The van der Waals surface area contributed by atoms with Crippen LogP contribution in [0.4, 0.5) is 0 Å². The van der Waals surface area contributed by atoms with Crippen LogP contribution in [0.2, 0.25) is 0 Å². The Balaban J connectivity index is 1.40. The van der Waals surface area contributed by atoms with Crippen LogP contribution in [0, 0.1) is 5.92 Å². The van der Waals surface area contributed by atoms with Gasteiger partial charge in [0.1, 0.15) is 0 Å². The molecule has 0 saturated carbocycles. The summed E-state index contributed by atoms with van der Waals surface area (Å²) in [7, 11) is 1.83. The van der Waals surface area contributed by atoms with Gasteiger partial charge in [-0.3, -0.25) is 9.67 Å². The van der Waals surface area contributed by atoms with Gasteiger partial charge in [0.05, 0.1) is 6.54 Å². The van der Waals surface area contributed by atoms with Crippen LogP contribution >= 0.6 is 0 Å². The molecule has 1 aromatic heterocycles. The Kier molecular flexibility index (Phi) is 7.91. The van der Waals surface area contributed by atoms with Gasteiger partial charge in [-0.25, -0.2) is 0 Å². The molecule has 0 amide bonds. The van der Waals surface area contributed by atoms with Gasteiger partial charge in [-0.1, -0.05) is 31.2 Å². The van der Waals surface area contributed by atoms with E-state index in [2.05, 4.69) is 56.8 Å². The second-order valence-corrected chi connectivity index (χ2v) is 7.70. The number of aromatic nitrogens is 2. The number of nitrogens with one attached hydrogen (secondary N) is 2. The summed E-state index contributed by atoms with van der Waals surface area (Å²) in [6.45, 7) is 8.51. The first-order valence-electron chi connectivity index (χ1n) is 10.5. The predicted octanol–water partition coefficient (Wildman–Crippen LogP) is 2.72. The van der Waals surface area contributed by atoms with Crippen molar-refractivity contribution in [2.24, 2.45) is 10.9 Å². The molecule has 0 unspecified atom stereocenters. The summed E-state index contributed by atoms with van der Waals surface area (Å²) >= 11 is 0. The maximum Gasteiger partial charge on any atom is 0.191 e. The molecule has 1 aliphatic rings. The zero-order valence-electron chi connectivity index (χ0n) is 17.3. The van der Waals surface area contributed by atoms with Gasteiger partial charge < -0.3 is 15.5 Å². The van der Waals surface area contributed by atoms with Gasteiger partial charge in [0.25, 0.3) is 0 Å². The van der Waals surface area contributed by atoms with Crippen molar-refractivity contribution in [3.05, 3.63) is 53.9 Å². The van der Waals surface area contributed by atoms with E-state index in [1.165, 1.54) is 43.6 Å². The van der Waals surface area contributed by atoms with Crippen molar-refractivity contribution < 1.29 is 0 Å². The van der Waals surface area contributed by atoms with E-state index in [4.69, 9.17) is 0 Å². The molecule has 0 radical (unpaired) electrons. The minimum atomic E-state index is 0.751. The number of hydrogen-bond acceptors (Lipinski definition) is 3. The minimum Gasteiger partial charge on any atom is -0.356 e. The van der Waals surface area contributed by atoms with Crippen LogP contribution in [0.1, 0.15) is 37.3 Å². The van der Waals surface area contributed by atoms with Crippen molar-refractivity contribution in [1.82, 2.24) is 25.3 Å². The van der Waals surface area contributed by atoms with Crippen LogP contribution < -0.4 is 10.6 Å². The molecule has 1 aliphatic heterocycles. The van der Waals surface area contributed by atoms with E-state index >= 15 is 0 Å². The largest absolute Gasteiger partial charge is 0.356 e. The molecule has 1 saturated heterocycles. The maximum atomic E-state index is 4.37. The summed E-state index contributed by atoms with van der Waals surface area (Å²) in [5.41, 5.74) is 2.54. The van der Waals surface area contributed by atoms with Crippen LogP contribution in [0.25, 0.3) is 0 Å². The van der Waals surface area contributed by atoms with E-state index in [1.807, 2.05) is 30.2 Å². The Morgan fingerprint density at radius 3 is 2.64 bits per heavy atom. The molecule has 1 fully saturated rings. The van der Waals surface area contributed by atoms with Gasteiger partial charge in [0, 0.05) is 32.5 Å². The molecular weight excluding hydrogens is 348 g/mol. The molecule has 28 heavy (non-hydrogen) atoms. The average Bonchev–Trinajstić information content (AvgIpc) is 3.23. The minimum absolute atomic E-state index is 0.751. The fraction of sp³-hybridized carbons (Fsp3) is 0.545. The van der Waals surface area contributed by atoms with Gasteiger partial charge in [-0.05, 0) is 62.0 Å². The van der Waals surface area contributed by atoms with Crippen LogP contribution in [0.3, 0.4) is 0 Å². The van der Waals surface area contributed by atoms with E-state index in [-0.39, 0.29) is 0 Å². The summed E-state index contributed by atoms with van der Waals surface area (Å²) in [6, 6.07) is 10.4. The molecular formula is C22H34N6. The number of benzene rings is 1. The average molecular weight is 383 g/mol. The topological polar surface area (TPSA) is 57.5 Å². The van der Waals surface area contributed by atoms with Crippen LogP contribution in [-0.4, -0.2) is 53.9 Å². The third-order valence-electron chi connectivity index (χ3n) is 5.50.